The van der Waals surface area contributed by atoms with E-state index in [0.29, 0.717) is 10.9 Å². The number of carboxylic acid groups (broad SMARTS) is 1. The molecule has 0 fully saturated rings. The Morgan fingerprint density at radius 2 is 2.00 bits per heavy atom. The average molecular weight is 251 g/mol. The van der Waals surface area contributed by atoms with E-state index < -0.39 is 22.3 Å². The second kappa shape index (κ2) is 3.73. The van der Waals surface area contributed by atoms with Gasteiger partial charge >= 0.3 is 11.7 Å². The zero-order chi connectivity index (χ0) is 13.6. The normalized spacial score (nSPS) is 10.8. The number of phenolic OH excluding ortho intramolecular Hbond substituents is 1. The summed E-state index contributed by atoms with van der Waals surface area (Å²) in [6.07, 6.45) is 0. The minimum atomic E-state index is -1.26. The number of nitro benzene ring substituents is 1. The number of nitrogens with zero attached hydrogens (tertiary/aromatic N) is 1. The summed E-state index contributed by atoms with van der Waals surface area (Å²) >= 11 is 0. The second-order valence-electron chi connectivity index (χ2n) is 3.86. The first kappa shape index (κ1) is 11.9. The lowest BCUT2D eigenvalue weighted by Crippen LogP contribution is -1.95. The maximum Gasteiger partial charge on any atom is 0.372 e. The Labute approximate surface area is 100 Å². The van der Waals surface area contributed by atoms with E-state index in [9.17, 15) is 20.0 Å². The molecule has 0 saturated heterocycles. The predicted octanol–water partition coefficient (Wildman–Crippen LogP) is 2.36. The number of carbonyl (C=O) groups is 1. The summed E-state index contributed by atoms with van der Waals surface area (Å²) in [5, 5.41) is 29.7. The standard InChI is InChI=1S/C11H9NO6/c1-4-6-3-7(12(16)17)8(13)5(2)9(6)18-10(4)11(14)15/h3,13H,1-2H3,(H,14,15). The predicted molar refractivity (Wildman–Crippen MR) is 61.0 cm³/mol. The average Bonchev–Trinajstić information content (AvgIpc) is 2.61. The van der Waals surface area contributed by atoms with Gasteiger partial charge in [0.15, 0.2) is 0 Å². The van der Waals surface area contributed by atoms with Crippen LogP contribution in [0.3, 0.4) is 0 Å². The Morgan fingerprint density at radius 1 is 1.39 bits per heavy atom. The van der Waals surface area contributed by atoms with Gasteiger partial charge in [0.1, 0.15) is 5.58 Å². The first-order valence-electron chi connectivity index (χ1n) is 4.98. The van der Waals surface area contributed by atoms with Crippen molar-refractivity contribution in [2.75, 3.05) is 0 Å². The van der Waals surface area contributed by atoms with Crippen molar-refractivity contribution in [2.45, 2.75) is 13.8 Å². The molecular weight excluding hydrogens is 242 g/mol. The third kappa shape index (κ3) is 1.48. The van der Waals surface area contributed by atoms with Gasteiger partial charge in [0, 0.05) is 22.6 Å². The van der Waals surface area contributed by atoms with Gasteiger partial charge in [0.25, 0.3) is 0 Å². The number of benzene rings is 1. The van der Waals surface area contributed by atoms with Gasteiger partial charge in [0.05, 0.1) is 4.92 Å². The van der Waals surface area contributed by atoms with Crippen LogP contribution in [0.25, 0.3) is 11.0 Å². The lowest BCUT2D eigenvalue weighted by molar-refractivity contribution is -0.385. The highest BCUT2D eigenvalue weighted by atomic mass is 16.6. The van der Waals surface area contributed by atoms with Crippen molar-refractivity contribution in [1.29, 1.82) is 0 Å². The molecule has 2 N–H and O–H groups in total. The fourth-order valence-electron chi connectivity index (χ4n) is 1.83. The van der Waals surface area contributed by atoms with Crippen LogP contribution in [0.15, 0.2) is 10.5 Å². The molecule has 0 bridgehead atoms. The third-order valence-corrected chi connectivity index (χ3v) is 2.80. The number of phenols is 1. The highest BCUT2D eigenvalue weighted by molar-refractivity contribution is 5.97. The van der Waals surface area contributed by atoms with Gasteiger partial charge in [-0.3, -0.25) is 10.1 Å². The summed E-state index contributed by atoms with van der Waals surface area (Å²) in [6.45, 7) is 2.93. The molecule has 7 heteroatoms. The van der Waals surface area contributed by atoms with Crippen LogP contribution in [0.4, 0.5) is 5.69 Å². The molecule has 0 unspecified atom stereocenters. The topological polar surface area (TPSA) is 114 Å². The quantitative estimate of drug-likeness (QED) is 0.625. The van der Waals surface area contributed by atoms with E-state index in [4.69, 9.17) is 9.52 Å². The molecule has 0 aliphatic carbocycles. The lowest BCUT2D eigenvalue weighted by atomic mass is 10.1. The molecule has 18 heavy (non-hydrogen) atoms. The summed E-state index contributed by atoms with van der Waals surface area (Å²) in [5.74, 6) is -2.06. The Kier molecular flexibility index (Phi) is 2.46. The van der Waals surface area contributed by atoms with Crippen molar-refractivity contribution >= 4 is 22.6 Å². The van der Waals surface area contributed by atoms with Crippen LogP contribution < -0.4 is 0 Å². The molecule has 0 radical (unpaired) electrons. The lowest BCUT2D eigenvalue weighted by Gasteiger charge is -2.00. The van der Waals surface area contributed by atoms with E-state index in [1.807, 2.05) is 0 Å². The molecule has 0 atom stereocenters. The molecular formula is C11H9NO6. The molecule has 2 aromatic rings. The molecule has 0 aliphatic rings. The smallest absolute Gasteiger partial charge is 0.372 e. The first-order chi connectivity index (χ1) is 8.34. The monoisotopic (exact) mass is 251 g/mol. The van der Waals surface area contributed by atoms with Gasteiger partial charge in [-0.2, -0.15) is 0 Å². The number of rotatable bonds is 2. The SMILES string of the molecule is Cc1c(C(=O)O)oc2c(C)c(O)c([N+](=O)[O-])cc12. The summed E-state index contributed by atoms with van der Waals surface area (Å²) in [7, 11) is 0. The van der Waals surface area contributed by atoms with Crippen molar-refractivity contribution in [3.05, 3.63) is 33.1 Å². The van der Waals surface area contributed by atoms with Crippen LogP contribution in [0.2, 0.25) is 0 Å². The van der Waals surface area contributed by atoms with Gasteiger partial charge in [-0.15, -0.1) is 0 Å². The molecule has 0 spiro atoms. The zero-order valence-electron chi connectivity index (χ0n) is 9.55. The van der Waals surface area contributed by atoms with E-state index in [1.165, 1.54) is 13.8 Å². The van der Waals surface area contributed by atoms with Crippen LogP contribution >= 0.6 is 0 Å². The fourth-order valence-corrected chi connectivity index (χ4v) is 1.83. The third-order valence-electron chi connectivity index (χ3n) is 2.80. The largest absolute Gasteiger partial charge is 0.502 e. The van der Waals surface area contributed by atoms with E-state index in [1.54, 1.807) is 0 Å². The number of aromatic carboxylic acids is 1. The molecule has 1 heterocycles. The van der Waals surface area contributed by atoms with Crippen LogP contribution in [-0.2, 0) is 0 Å². The maximum absolute atomic E-state index is 10.9. The number of furan rings is 1. The molecule has 0 amide bonds. The van der Waals surface area contributed by atoms with E-state index in [0.717, 1.165) is 6.07 Å². The number of carboxylic acids is 1. The number of aryl methyl sites for hydroxylation is 2. The number of hydrogen-bond donors (Lipinski definition) is 2. The summed E-state index contributed by atoms with van der Waals surface area (Å²) in [6, 6.07) is 1.11. The highest BCUT2D eigenvalue weighted by Crippen LogP contribution is 2.39. The highest BCUT2D eigenvalue weighted by Gasteiger charge is 2.25. The van der Waals surface area contributed by atoms with E-state index in [2.05, 4.69) is 0 Å². The number of fused-ring (bicyclic) bond motifs is 1. The van der Waals surface area contributed by atoms with Crippen molar-refractivity contribution < 1.29 is 24.3 Å². The number of aromatic hydroxyl groups is 1. The maximum atomic E-state index is 10.9. The first-order valence-corrected chi connectivity index (χ1v) is 4.98. The van der Waals surface area contributed by atoms with Crippen molar-refractivity contribution in [3.63, 3.8) is 0 Å². The summed E-state index contributed by atoms with van der Waals surface area (Å²) < 4.78 is 5.12. The van der Waals surface area contributed by atoms with Crippen molar-refractivity contribution in [1.82, 2.24) is 0 Å². The summed E-state index contributed by atoms with van der Waals surface area (Å²) in [5.41, 5.74) is 0.118. The molecule has 7 nitrogen and oxygen atoms in total. The van der Waals surface area contributed by atoms with Gasteiger partial charge < -0.3 is 14.6 Å². The van der Waals surface area contributed by atoms with Crippen LogP contribution in [0.5, 0.6) is 5.75 Å². The Balaban J connectivity index is 2.92. The van der Waals surface area contributed by atoms with E-state index >= 15 is 0 Å². The van der Waals surface area contributed by atoms with Crippen molar-refractivity contribution in [2.24, 2.45) is 0 Å². The minimum absolute atomic E-state index is 0.146. The molecule has 0 aliphatic heterocycles. The Morgan fingerprint density at radius 3 is 2.50 bits per heavy atom. The summed E-state index contributed by atoms with van der Waals surface area (Å²) in [4.78, 5) is 21.0. The van der Waals surface area contributed by atoms with Crippen LogP contribution in [0, 0.1) is 24.0 Å². The molecule has 1 aromatic heterocycles. The van der Waals surface area contributed by atoms with Crippen molar-refractivity contribution in [3.8, 4) is 5.75 Å². The van der Waals surface area contributed by atoms with E-state index in [-0.39, 0.29) is 16.9 Å². The van der Waals surface area contributed by atoms with Gasteiger partial charge in [-0.25, -0.2) is 4.79 Å². The Bertz CT molecular complexity index is 685. The van der Waals surface area contributed by atoms with Crippen LogP contribution in [-0.4, -0.2) is 21.1 Å². The zero-order valence-corrected chi connectivity index (χ0v) is 9.55. The molecule has 0 saturated carbocycles. The Hall–Kier alpha value is -2.57. The molecule has 94 valence electrons. The van der Waals surface area contributed by atoms with Gasteiger partial charge in [0.2, 0.25) is 11.5 Å². The molecule has 1 aromatic carbocycles. The minimum Gasteiger partial charge on any atom is -0.502 e. The van der Waals surface area contributed by atoms with Crippen LogP contribution in [0.1, 0.15) is 21.7 Å². The number of hydrogen-bond acceptors (Lipinski definition) is 5. The van der Waals surface area contributed by atoms with Gasteiger partial charge in [-0.05, 0) is 13.8 Å². The second-order valence-corrected chi connectivity index (χ2v) is 3.86. The molecule has 2 rings (SSSR count). The number of nitro groups is 1. The fraction of sp³-hybridized carbons (Fsp3) is 0.182. The van der Waals surface area contributed by atoms with Gasteiger partial charge in [-0.1, -0.05) is 0 Å².